The van der Waals surface area contributed by atoms with Crippen LogP contribution in [0.4, 0.5) is 0 Å². The largest absolute Gasteiger partial charge is 0.497 e. The molecule has 5 heterocycles. The molecule has 0 radical (unpaired) electrons. The van der Waals surface area contributed by atoms with Gasteiger partial charge in [-0.25, -0.2) is 0 Å². The van der Waals surface area contributed by atoms with E-state index in [2.05, 4.69) is 102 Å². The van der Waals surface area contributed by atoms with Gasteiger partial charge in [0.1, 0.15) is 23.0 Å². The van der Waals surface area contributed by atoms with Gasteiger partial charge in [0.25, 0.3) is 0 Å². The van der Waals surface area contributed by atoms with Gasteiger partial charge >= 0.3 is 8.24 Å². The highest BCUT2D eigenvalue weighted by atomic mass is 31.1. The Hall–Kier alpha value is -4.61. The maximum Gasteiger partial charge on any atom is 0.388 e. The number of aromatic nitrogens is 1. The van der Waals surface area contributed by atoms with E-state index in [1.54, 1.807) is 7.11 Å². The highest BCUT2D eigenvalue weighted by Gasteiger charge is 2.44. The zero-order valence-corrected chi connectivity index (χ0v) is 27.1. The fourth-order valence-corrected chi connectivity index (χ4v) is 9.22. The number of nitrogens with zero attached hydrogens (tertiary/aromatic N) is 2. The number of hydrogen-bond acceptors (Lipinski definition) is 6. The fraction of sp³-hybridized carbons (Fsp3) is 0.225. The van der Waals surface area contributed by atoms with Crippen molar-refractivity contribution in [3.63, 3.8) is 0 Å². The second-order valence-electron chi connectivity index (χ2n) is 12.8. The molecule has 0 aliphatic carbocycles. The van der Waals surface area contributed by atoms with E-state index in [1.807, 2.05) is 18.3 Å². The molecule has 234 valence electrons. The fourth-order valence-electron chi connectivity index (χ4n) is 8.03. The third-order valence-corrected chi connectivity index (χ3v) is 11.5. The van der Waals surface area contributed by atoms with Crippen molar-refractivity contribution in [2.24, 2.45) is 11.8 Å². The number of piperidine rings is 3. The van der Waals surface area contributed by atoms with Gasteiger partial charge in [-0.1, -0.05) is 66.7 Å². The Bertz CT molecular complexity index is 2270. The molecule has 0 saturated carbocycles. The molecule has 5 atom stereocenters. The van der Waals surface area contributed by atoms with Crippen molar-refractivity contribution in [1.82, 2.24) is 9.88 Å². The second-order valence-corrected chi connectivity index (χ2v) is 13.8. The summed E-state index contributed by atoms with van der Waals surface area (Å²) in [6.45, 7) is 6.18. The van der Waals surface area contributed by atoms with Crippen LogP contribution in [0.25, 0.3) is 54.4 Å². The molecule has 2 bridgehead atoms. The van der Waals surface area contributed by atoms with E-state index in [4.69, 9.17) is 22.6 Å². The molecule has 3 aliphatic rings. The molecule has 10 rings (SSSR count). The minimum atomic E-state index is -1.86. The van der Waals surface area contributed by atoms with Gasteiger partial charge in [0.05, 0.1) is 12.6 Å². The molecule has 0 amide bonds. The van der Waals surface area contributed by atoms with Crippen LogP contribution in [0.5, 0.6) is 5.75 Å². The second kappa shape index (κ2) is 11.6. The highest BCUT2D eigenvalue weighted by molar-refractivity contribution is 7.31. The van der Waals surface area contributed by atoms with Crippen LogP contribution < -0.4 is 9.26 Å². The summed E-state index contributed by atoms with van der Waals surface area (Å²) in [7, 11) is -0.160. The summed E-state index contributed by atoms with van der Waals surface area (Å²) in [6, 6.07) is 33.6. The molecule has 2 aromatic heterocycles. The Labute approximate surface area is 273 Å². The number of pyridine rings is 1. The summed E-state index contributed by atoms with van der Waals surface area (Å²) in [5, 5.41) is 7.64. The number of methoxy groups -OCH3 is 1. The SMILES string of the molecule is C=C[C@H]1CN2CC[C@H]1C[C@@H]2[C@@H](Op1oc2ccc3ccccc3c2c2c(ccc3ccccc32)o1)c1ccnc2ccc(OC)cc12. The Morgan fingerprint density at radius 3 is 2.21 bits per heavy atom. The van der Waals surface area contributed by atoms with Crippen molar-refractivity contribution in [1.29, 1.82) is 0 Å². The lowest BCUT2D eigenvalue weighted by molar-refractivity contribution is -0.0256. The van der Waals surface area contributed by atoms with Crippen LogP contribution in [0.2, 0.25) is 0 Å². The molecule has 0 N–H and O–H groups in total. The van der Waals surface area contributed by atoms with Crippen LogP contribution in [0.3, 0.4) is 0 Å². The van der Waals surface area contributed by atoms with E-state index >= 15 is 0 Å². The lowest BCUT2D eigenvalue weighted by Gasteiger charge is -2.51. The first-order chi connectivity index (χ1) is 23.2. The van der Waals surface area contributed by atoms with Crippen molar-refractivity contribution in [3.8, 4) is 5.75 Å². The lowest BCUT2D eigenvalue weighted by atomic mass is 9.73. The van der Waals surface area contributed by atoms with E-state index in [9.17, 15) is 0 Å². The molecule has 7 heteroatoms. The minimum absolute atomic E-state index is 0.145. The summed E-state index contributed by atoms with van der Waals surface area (Å²) in [6.07, 6.45) is 5.89. The molecular weight excluding hydrogens is 603 g/mol. The van der Waals surface area contributed by atoms with Gasteiger partial charge in [-0.05, 0) is 94.7 Å². The quantitative estimate of drug-likeness (QED) is 0.169. The standard InChI is InChI=1S/C40H35N2O4P/c1-3-25-24-42-21-19-28(25)22-35(42)40(32-18-20-41-34-15-14-29(43-2)23-33(32)34)46-47-44-36-16-12-26-8-4-6-10-30(26)38(36)39-31-11-7-5-9-27(31)13-17-37(39)45-47/h3-18,20,23,25,28,35,40H,1,19,21-22,24H2,2H3/t25-,28-,35+,40-/m0/s1. The molecule has 3 saturated heterocycles. The van der Waals surface area contributed by atoms with Gasteiger partial charge in [-0.2, -0.15) is 0 Å². The van der Waals surface area contributed by atoms with Crippen molar-refractivity contribution >= 4 is 62.6 Å². The molecule has 6 nitrogen and oxygen atoms in total. The summed E-state index contributed by atoms with van der Waals surface area (Å²) in [5.41, 5.74) is 3.50. The van der Waals surface area contributed by atoms with E-state index in [0.717, 1.165) is 85.2 Å². The molecule has 3 aliphatic heterocycles. The van der Waals surface area contributed by atoms with Gasteiger partial charge < -0.3 is 13.1 Å². The van der Waals surface area contributed by atoms with E-state index in [0.29, 0.717) is 11.8 Å². The molecule has 47 heavy (non-hydrogen) atoms. The van der Waals surface area contributed by atoms with E-state index in [-0.39, 0.29) is 12.1 Å². The lowest BCUT2D eigenvalue weighted by Crippen LogP contribution is -2.55. The van der Waals surface area contributed by atoms with Crippen LogP contribution >= 0.6 is 8.24 Å². The van der Waals surface area contributed by atoms with Crippen LogP contribution in [-0.2, 0) is 0 Å². The number of fused-ring (bicyclic) bond motifs is 11. The van der Waals surface area contributed by atoms with Crippen LogP contribution in [0.1, 0.15) is 24.5 Å². The monoisotopic (exact) mass is 638 g/mol. The summed E-state index contributed by atoms with van der Waals surface area (Å²) < 4.78 is 26.6. The summed E-state index contributed by atoms with van der Waals surface area (Å²) in [4.78, 5) is 7.28. The van der Waals surface area contributed by atoms with E-state index in [1.165, 1.54) is 6.42 Å². The molecule has 3 fully saturated rings. The first-order valence-corrected chi connectivity index (χ1v) is 17.4. The third-order valence-electron chi connectivity index (χ3n) is 10.4. The van der Waals surface area contributed by atoms with Crippen LogP contribution in [-0.4, -0.2) is 36.1 Å². The van der Waals surface area contributed by atoms with Crippen LogP contribution in [0.15, 0.2) is 124 Å². The predicted molar refractivity (Wildman–Crippen MR) is 191 cm³/mol. The number of ether oxygens (including phenoxy) is 1. The van der Waals surface area contributed by atoms with Gasteiger partial charge in [0, 0.05) is 34.9 Å². The molecular formula is C40H35N2O4P. The topological polar surface area (TPSA) is 60.9 Å². The van der Waals surface area contributed by atoms with Crippen LogP contribution in [0, 0.1) is 11.8 Å². The zero-order chi connectivity index (χ0) is 31.5. The van der Waals surface area contributed by atoms with Gasteiger partial charge in [-0.15, -0.1) is 6.58 Å². The number of benzene rings is 5. The van der Waals surface area contributed by atoms with Gasteiger partial charge in [0.2, 0.25) is 0 Å². The average molecular weight is 639 g/mol. The Kier molecular flexibility index (Phi) is 7.04. The van der Waals surface area contributed by atoms with Gasteiger partial charge in [-0.3, -0.25) is 14.4 Å². The maximum absolute atomic E-state index is 7.22. The van der Waals surface area contributed by atoms with Crippen molar-refractivity contribution in [2.45, 2.75) is 25.0 Å². The summed E-state index contributed by atoms with van der Waals surface area (Å²) in [5.74, 6) is 1.85. The number of hydrogen-bond donors (Lipinski definition) is 0. The average Bonchev–Trinajstić information content (AvgIpc) is 3.30. The highest BCUT2D eigenvalue weighted by Crippen LogP contribution is 2.47. The smallest absolute Gasteiger partial charge is 0.388 e. The molecule has 0 spiro atoms. The zero-order valence-electron chi connectivity index (χ0n) is 26.2. The minimum Gasteiger partial charge on any atom is -0.497 e. The third kappa shape index (κ3) is 4.82. The van der Waals surface area contributed by atoms with Gasteiger partial charge in [0.15, 0.2) is 0 Å². The predicted octanol–water partition coefficient (Wildman–Crippen LogP) is 10.2. The number of rotatable bonds is 6. The summed E-state index contributed by atoms with van der Waals surface area (Å²) >= 11 is 0. The van der Waals surface area contributed by atoms with Crippen molar-refractivity contribution < 1.29 is 17.7 Å². The molecule has 1 unspecified atom stereocenters. The first kappa shape index (κ1) is 28.6. The normalized spacial score (nSPS) is 21.5. The van der Waals surface area contributed by atoms with Crippen molar-refractivity contribution in [2.75, 3.05) is 20.2 Å². The Morgan fingerprint density at radius 2 is 1.57 bits per heavy atom. The Balaban J connectivity index is 1.29. The first-order valence-electron chi connectivity index (χ1n) is 16.3. The maximum atomic E-state index is 7.22. The molecule has 7 aromatic rings. The van der Waals surface area contributed by atoms with Crippen molar-refractivity contribution in [3.05, 3.63) is 121 Å². The van der Waals surface area contributed by atoms with E-state index < -0.39 is 8.24 Å². The molecule has 5 aromatic carbocycles. The Morgan fingerprint density at radius 1 is 0.872 bits per heavy atom.